The van der Waals surface area contributed by atoms with Crippen molar-refractivity contribution in [1.29, 1.82) is 0 Å². The van der Waals surface area contributed by atoms with Gasteiger partial charge in [-0.05, 0) is 18.6 Å². The minimum Gasteiger partial charge on any atom is -0.496 e. The number of allylic oxidation sites excluding steroid dienone is 1. The van der Waals surface area contributed by atoms with Crippen molar-refractivity contribution in [2.45, 2.75) is 18.1 Å². The van der Waals surface area contributed by atoms with Gasteiger partial charge in [0.05, 0.1) is 36.6 Å². The summed E-state index contributed by atoms with van der Waals surface area (Å²) >= 11 is 2.92. The largest absolute Gasteiger partial charge is 0.496 e. The van der Waals surface area contributed by atoms with E-state index in [4.69, 9.17) is 4.74 Å². The Kier molecular flexibility index (Phi) is 8.19. The number of carbonyl (C=O) groups excluding carboxylic acids is 2. The zero-order valence-corrected chi connectivity index (χ0v) is 19.1. The van der Waals surface area contributed by atoms with Crippen LogP contribution in [0.2, 0.25) is 0 Å². The van der Waals surface area contributed by atoms with Crippen molar-refractivity contribution in [3.8, 4) is 17.1 Å². The van der Waals surface area contributed by atoms with Gasteiger partial charge in [0.15, 0.2) is 11.0 Å². The number of amides is 1. The number of aromatic nitrogens is 3. The number of ether oxygens (including phenoxy) is 2. The number of para-hydroxylation sites is 1. The lowest BCUT2D eigenvalue weighted by Crippen LogP contribution is -2.26. The summed E-state index contributed by atoms with van der Waals surface area (Å²) in [5, 5.41) is 10.1. The molecule has 1 aromatic heterocycles. The molecule has 3 rings (SSSR count). The molecule has 1 aliphatic rings. The van der Waals surface area contributed by atoms with Crippen LogP contribution in [0.4, 0.5) is 0 Å². The lowest BCUT2D eigenvalue weighted by molar-refractivity contribution is -0.134. The lowest BCUT2D eigenvalue weighted by Gasteiger charge is -2.16. The number of hydrogen-bond donors (Lipinski definition) is 0. The van der Waals surface area contributed by atoms with E-state index >= 15 is 0 Å². The molecule has 0 N–H and O–H groups in total. The van der Waals surface area contributed by atoms with Gasteiger partial charge in [-0.25, -0.2) is 4.79 Å². The monoisotopic (exact) mass is 460 g/mol. The minimum absolute atomic E-state index is 0.00145. The van der Waals surface area contributed by atoms with E-state index in [9.17, 15) is 9.59 Å². The molecule has 0 aliphatic carbocycles. The molecular formula is C21H24N4O4S2. The number of thioether (sulfide) groups is 2. The van der Waals surface area contributed by atoms with Crippen LogP contribution in [0.25, 0.3) is 11.4 Å². The van der Waals surface area contributed by atoms with E-state index in [1.165, 1.54) is 24.9 Å². The zero-order chi connectivity index (χ0) is 22.2. The highest BCUT2D eigenvalue weighted by molar-refractivity contribution is 8.04. The van der Waals surface area contributed by atoms with Gasteiger partial charge in [-0.3, -0.25) is 9.36 Å². The topological polar surface area (TPSA) is 86.6 Å². The first-order valence-corrected chi connectivity index (χ1v) is 11.6. The van der Waals surface area contributed by atoms with E-state index in [0.717, 1.165) is 28.6 Å². The van der Waals surface area contributed by atoms with E-state index in [1.54, 1.807) is 29.8 Å². The van der Waals surface area contributed by atoms with Crippen LogP contribution < -0.4 is 4.74 Å². The normalized spacial score (nSPS) is 14.8. The Balaban J connectivity index is 1.66. The maximum atomic E-state index is 12.1. The third-order valence-electron chi connectivity index (χ3n) is 4.49. The van der Waals surface area contributed by atoms with Crippen molar-refractivity contribution < 1.29 is 19.1 Å². The first-order valence-electron chi connectivity index (χ1n) is 9.62. The molecule has 31 heavy (non-hydrogen) atoms. The SMILES string of the molecule is C=CCn1c(SCCCN2C(=O)CS/C2=C/C(=O)OC)nnc1-c1ccccc1OC. The molecule has 2 heterocycles. The molecule has 1 fully saturated rings. The number of esters is 1. The Morgan fingerprint density at radius 3 is 2.87 bits per heavy atom. The Hall–Kier alpha value is -2.72. The van der Waals surface area contributed by atoms with Crippen molar-refractivity contribution in [1.82, 2.24) is 19.7 Å². The van der Waals surface area contributed by atoms with Crippen LogP contribution in [0.1, 0.15) is 6.42 Å². The molecule has 1 aromatic carbocycles. The summed E-state index contributed by atoms with van der Waals surface area (Å²) in [6.45, 7) is 4.93. The van der Waals surface area contributed by atoms with Crippen molar-refractivity contribution in [2.24, 2.45) is 0 Å². The summed E-state index contributed by atoms with van der Waals surface area (Å²) < 4.78 is 12.1. The van der Waals surface area contributed by atoms with Gasteiger partial charge in [0.2, 0.25) is 5.91 Å². The van der Waals surface area contributed by atoms with E-state index in [-0.39, 0.29) is 5.91 Å². The number of benzene rings is 1. The van der Waals surface area contributed by atoms with Crippen LogP contribution in [0.3, 0.4) is 0 Å². The molecule has 1 aliphatic heterocycles. The Labute approximate surface area is 189 Å². The molecular weight excluding hydrogens is 436 g/mol. The number of methoxy groups -OCH3 is 2. The Morgan fingerprint density at radius 1 is 1.32 bits per heavy atom. The average Bonchev–Trinajstić information content (AvgIpc) is 3.34. The highest BCUT2D eigenvalue weighted by atomic mass is 32.2. The average molecular weight is 461 g/mol. The molecule has 0 unspecified atom stereocenters. The number of nitrogens with zero attached hydrogens (tertiary/aromatic N) is 4. The first-order chi connectivity index (χ1) is 15.1. The number of rotatable bonds is 10. The van der Waals surface area contributed by atoms with Gasteiger partial charge in [0, 0.05) is 18.8 Å². The fourth-order valence-electron chi connectivity index (χ4n) is 3.03. The molecule has 0 radical (unpaired) electrons. The van der Waals surface area contributed by atoms with E-state index in [0.29, 0.717) is 29.7 Å². The molecule has 164 valence electrons. The number of carbonyl (C=O) groups is 2. The molecule has 0 spiro atoms. The molecule has 1 amide bonds. The Morgan fingerprint density at radius 2 is 2.13 bits per heavy atom. The van der Waals surface area contributed by atoms with Crippen molar-refractivity contribution in [3.05, 3.63) is 48.0 Å². The van der Waals surface area contributed by atoms with Crippen LogP contribution in [0.5, 0.6) is 5.75 Å². The fourth-order valence-corrected chi connectivity index (χ4v) is 4.86. The summed E-state index contributed by atoms with van der Waals surface area (Å²) in [6, 6.07) is 7.68. The second kappa shape index (κ2) is 11.1. The molecule has 0 atom stereocenters. The van der Waals surface area contributed by atoms with Crippen molar-refractivity contribution in [2.75, 3.05) is 32.3 Å². The zero-order valence-electron chi connectivity index (χ0n) is 17.4. The summed E-state index contributed by atoms with van der Waals surface area (Å²) in [6.07, 6.45) is 3.90. The smallest absolute Gasteiger partial charge is 0.333 e. The van der Waals surface area contributed by atoms with Gasteiger partial charge in [-0.15, -0.1) is 16.8 Å². The van der Waals surface area contributed by atoms with Gasteiger partial charge in [0.25, 0.3) is 0 Å². The third-order valence-corrected chi connectivity index (χ3v) is 6.57. The van der Waals surface area contributed by atoms with E-state index < -0.39 is 5.97 Å². The van der Waals surface area contributed by atoms with Crippen LogP contribution >= 0.6 is 23.5 Å². The van der Waals surface area contributed by atoms with E-state index in [2.05, 4.69) is 21.5 Å². The van der Waals surface area contributed by atoms with Crippen molar-refractivity contribution >= 4 is 35.4 Å². The highest BCUT2D eigenvalue weighted by Gasteiger charge is 2.27. The Bertz CT molecular complexity index is 990. The summed E-state index contributed by atoms with van der Waals surface area (Å²) in [5.74, 6) is 2.06. The van der Waals surface area contributed by atoms with Crippen LogP contribution in [-0.4, -0.2) is 63.8 Å². The fraction of sp³-hybridized carbons (Fsp3) is 0.333. The van der Waals surface area contributed by atoms with Crippen LogP contribution in [0, 0.1) is 0 Å². The van der Waals surface area contributed by atoms with Gasteiger partial charge in [-0.2, -0.15) is 0 Å². The predicted octanol–water partition coefficient (Wildman–Crippen LogP) is 3.21. The first kappa shape index (κ1) is 23.0. The molecule has 0 saturated carbocycles. The second-order valence-corrected chi connectivity index (χ2v) is 8.51. The lowest BCUT2D eigenvalue weighted by atomic mass is 10.2. The van der Waals surface area contributed by atoms with Crippen LogP contribution in [0.15, 0.2) is 53.2 Å². The quantitative estimate of drug-likeness (QED) is 0.176. The van der Waals surface area contributed by atoms with E-state index in [1.807, 2.05) is 28.8 Å². The molecule has 8 nitrogen and oxygen atoms in total. The molecule has 10 heteroatoms. The second-order valence-electron chi connectivity index (χ2n) is 6.45. The highest BCUT2D eigenvalue weighted by Crippen LogP contribution is 2.32. The summed E-state index contributed by atoms with van der Waals surface area (Å²) in [4.78, 5) is 25.3. The van der Waals surface area contributed by atoms with Gasteiger partial charge in [-0.1, -0.05) is 41.7 Å². The molecule has 0 bridgehead atoms. The van der Waals surface area contributed by atoms with Gasteiger partial charge < -0.3 is 14.4 Å². The van der Waals surface area contributed by atoms with Gasteiger partial charge in [0.1, 0.15) is 5.75 Å². The summed E-state index contributed by atoms with van der Waals surface area (Å²) in [5.41, 5.74) is 0.864. The number of hydrogen-bond acceptors (Lipinski definition) is 8. The maximum Gasteiger partial charge on any atom is 0.333 e. The minimum atomic E-state index is -0.460. The molecule has 2 aromatic rings. The summed E-state index contributed by atoms with van der Waals surface area (Å²) in [7, 11) is 2.95. The molecule has 1 saturated heterocycles. The standard InChI is InChI=1S/C21H24N4O4S2/c1-4-10-25-20(15-8-5-6-9-16(15)28-2)22-23-21(25)30-12-7-11-24-17(26)14-31-18(24)13-19(27)29-3/h4-6,8-9,13H,1,7,10-12,14H2,2-3H3/b18-13+. The van der Waals surface area contributed by atoms with Gasteiger partial charge >= 0.3 is 5.97 Å². The van der Waals surface area contributed by atoms with Crippen molar-refractivity contribution in [3.63, 3.8) is 0 Å². The predicted molar refractivity (Wildman–Crippen MR) is 122 cm³/mol. The third kappa shape index (κ3) is 5.50. The maximum absolute atomic E-state index is 12.1. The van der Waals surface area contributed by atoms with Crippen LogP contribution in [-0.2, 0) is 20.9 Å².